The number of esters is 2. The Labute approximate surface area is 280 Å². The summed E-state index contributed by atoms with van der Waals surface area (Å²) in [6.45, 7) is 3.49. The molecule has 1 aliphatic rings. The monoisotopic (exact) mass is 664 g/mol. The highest BCUT2D eigenvalue weighted by Crippen LogP contribution is 2.19. The summed E-state index contributed by atoms with van der Waals surface area (Å²) in [6.07, 6.45) is 3.42. The van der Waals surface area contributed by atoms with Crippen molar-refractivity contribution in [3.05, 3.63) is 71.6 Å². The molecule has 0 spiro atoms. The van der Waals surface area contributed by atoms with Gasteiger partial charge in [0.2, 0.25) is 23.6 Å². The number of hydrogen-bond acceptors (Lipinski definition) is 10. The van der Waals surface area contributed by atoms with Gasteiger partial charge in [-0.1, -0.05) is 37.3 Å². The zero-order valence-electron chi connectivity index (χ0n) is 27.7. The van der Waals surface area contributed by atoms with E-state index < -0.39 is 67.2 Å². The Balaban J connectivity index is 1.49. The molecule has 0 aromatic heterocycles. The maximum absolute atomic E-state index is 12.8. The summed E-state index contributed by atoms with van der Waals surface area (Å²) in [6, 6.07) is 13.2. The van der Waals surface area contributed by atoms with E-state index in [0.29, 0.717) is 24.9 Å². The van der Waals surface area contributed by atoms with Crippen molar-refractivity contribution in [1.82, 2.24) is 20.9 Å². The van der Waals surface area contributed by atoms with Crippen LogP contribution in [-0.2, 0) is 44.7 Å². The van der Waals surface area contributed by atoms with Crippen LogP contribution >= 0.6 is 0 Å². The lowest BCUT2D eigenvalue weighted by Crippen LogP contribution is -2.53. The van der Waals surface area contributed by atoms with Crippen molar-refractivity contribution in [1.29, 1.82) is 0 Å². The molecule has 0 aliphatic carbocycles. The highest BCUT2D eigenvalue weighted by atomic mass is 16.5. The highest BCUT2D eigenvalue weighted by Gasteiger charge is 2.35. The maximum atomic E-state index is 12.8. The largest absolute Gasteiger partial charge is 0.469 e. The van der Waals surface area contributed by atoms with Gasteiger partial charge in [-0.15, -0.1) is 0 Å². The zero-order chi connectivity index (χ0) is 35.1. The number of nitrogens with zero attached hydrogens (tertiary/aromatic N) is 1. The minimum Gasteiger partial charge on any atom is -0.469 e. The van der Waals surface area contributed by atoms with E-state index in [1.807, 2.05) is 56.3 Å². The van der Waals surface area contributed by atoms with Gasteiger partial charge in [0, 0.05) is 17.9 Å². The zero-order valence-corrected chi connectivity index (χ0v) is 27.7. The molecule has 258 valence electrons. The van der Waals surface area contributed by atoms with Gasteiger partial charge in [0.15, 0.2) is 0 Å². The second-order valence-corrected chi connectivity index (χ2v) is 11.1. The number of anilines is 2. The minimum absolute atomic E-state index is 0.00390. The van der Waals surface area contributed by atoms with Crippen LogP contribution < -0.4 is 26.6 Å². The van der Waals surface area contributed by atoms with E-state index in [4.69, 9.17) is 4.74 Å². The Morgan fingerprint density at radius 2 is 1.65 bits per heavy atom. The summed E-state index contributed by atoms with van der Waals surface area (Å²) in [7, 11) is 2.37. The SMILES string of the molecule is CC/C=C(/Nc1ccc(CC(=O)NCC(=O)NC(CC(=O)OC)C(=O)NCC(=O)N2CCCC2C(=O)OC)cc1)Nc1ccccc1C. The molecule has 2 aromatic rings. The van der Waals surface area contributed by atoms with Gasteiger partial charge in [-0.2, -0.15) is 0 Å². The third-order valence-electron chi connectivity index (χ3n) is 7.58. The molecule has 1 aliphatic heterocycles. The Morgan fingerprint density at radius 1 is 0.917 bits per heavy atom. The molecule has 14 nitrogen and oxygen atoms in total. The van der Waals surface area contributed by atoms with E-state index in [2.05, 4.69) is 31.3 Å². The number of hydrogen-bond donors (Lipinski definition) is 5. The molecule has 0 bridgehead atoms. The van der Waals surface area contributed by atoms with Gasteiger partial charge >= 0.3 is 11.9 Å². The number of ether oxygens (including phenoxy) is 2. The smallest absolute Gasteiger partial charge is 0.328 e. The van der Waals surface area contributed by atoms with E-state index in [9.17, 15) is 28.8 Å². The lowest BCUT2D eigenvalue weighted by molar-refractivity contribution is -0.151. The van der Waals surface area contributed by atoms with Crippen molar-refractivity contribution >= 4 is 46.9 Å². The molecule has 48 heavy (non-hydrogen) atoms. The first-order chi connectivity index (χ1) is 23.0. The lowest BCUT2D eigenvalue weighted by atomic mass is 10.1. The van der Waals surface area contributed by atoms with Gasteiger partial charge in [0.1, 0.15) is 17.9 Å². The number of amides is 4. The predicted molar refractivity (Wildman–Crippen MR) is 178 cm³/mol. The van der Waals surface area contributed by atoms with Crippen LogP contribution in [0.15, 0.2) is 60.4 Å². The van der Waals surface area contributed by atoms with Crippen molar-refractivity contribution in [2.24, 2.45) is 0 Å². The van der Waals surface area contributed by atoms with Crippen LogP contribution in [0.3, 0.4) is 0 Å². The normalized spacial score (nSPS) is 14.7. The van der Waals surface area contributed by atoms with Crippen molar-refractivity contribution in [2.75, 3.05) is 44.5 Å². The fourth-order valence-corrected chi connectivity index (χ4v) is 5.02. The van der Waals surface area contributed by atoms with Crippen LogP contribution in [0.2, 0.25) is 0 Å². The van der Waals surface area contributed by atoms with E-state index in [1.54, 1.807) is 12.1 Å². The van der Waals surface area contributed by atoms with Crippen molar-refractivity contribution in [2.45, 2.75) is 58.0 Å². The highest BCUT2D eigenvalue weighted by molar-refractivity contribution is 5.95. The van der Waals surface area contributed by atoms with E-state index in [1.165, 1.54) is 12.0 Å². The fourth-order valence-electron chi connectivity index (χ4n) is 5.02. The summed E-state index contributed by atoms with van der Waals surface area (Å²) >= 11 is 0. The molecule has 5 N–H and O–H groups in total. The van der Waals surface area contributed by atoms with Crippen molar-refractivity contribution in [3.8, 4) is 0 Å². The summed E-state index contributed by atoms with van der Waals surface area (Å²) in [5.74, 6) is -2.94. The Hall–Kier alpha value is -5.40. The van der Waals surface area contributed by atoms with Crippen LogP contribution in [0.1, 0.15) is 43.7 Å². The van der Waals surface area contributed by atoms with Gasteiger partial charge in [-0.05, 0) is 61.6 Å². The van der Waals surface area contributed by atoms with Crippen LogP contribution in [0, 0.1) is 6.92 Å². The summed E-state index contributed by atoms with van der Waals surface area (Å²) < 4.78 is 9.37. The first kappa shape index (κ1) is 37.1. The quantitative estimate of drug-likeness (QED) is 0.166. The molecular formula is C34H44N6O8. The van der Waals surface area contributed by atoms with Crippen LogP contribution in [0.4, 0.5) is 11.4 Å². The molecular weight excluding hydrogens is 620 g/mol. The number of carbonyl (C=O) groups is 6. The molecule has 0 radical (unpaired) electrons. The number of carbonyl (C=O) groups excluding carboxylic acids is 6. The van der Waals surface area contributed by atoms with E-state index in [0.717, 1.165) is 36.3 Å². The molecule has 2 unspecified atom stereocenters. The van der Waals surface area contributed by atoms with E-state index in [-0.39, 0.29) is 6.42 Å². The third kappa shape index (κ3) is 11.4. The first-order valence-electron chi connectivity index (χ1n) is 15.7. The Bertz CT molecular complexity index is 1490. The van der Waals surface area contributed by atoms with Crippen molar-refractivity contribution < 1.29 is 38.2 Å². The number of allylic oxidation sites excluding steroid dienone is 1. The maximum Gasteiger partial charge on any atom is 0.328 e. The van der Waals surface area contributed by atoms with Gasteiger partial charge in [0.05, 0.1) is 40.2 Å². The molecule has 3 rings (SSSR count). The number of para-hydroxylation sites is 1. The number of nitrogens with one attached hydrogen (secondary N) is 5. The Kier molecular flexibility index (Phi) is 14.4. The Morgan fingerprint density at radius 3 is 2.31 bits per heavy atom. The predicted octanol–water partition coefficient (Wildman–Crippen LogP) is 1.76. The van der Waals surface area contributed by atoms with Crippen LogP contribution in [0.5, 0.6) is 0 Å². The van der Waals surface area contributed by atoms with Gasteiger partial charge in [-0.25, -0.2) is 4.79 Å². The second kappa shape index (κ2) is 18.7. The topological polar surface area (TPSA) is 184 Å². The van der Waals surface area contributed by atoms with Gasteiger partial charge in [-0.3, -0.25) is 24.0 Å². The lowest BCUT2D eigenvalue weighted by Gasteiger charge is -2.23. The number of aryl methyl sites for hydroxylation is 1. The van der Waals surface area contributed by atoms with E-state index >= 15 is 0 Å². The molecule has 2 atom stereocenters. The average Bonchev–Trinajstić information content (AvgIpc) is 3.58. The summed E-state index contributed by atoms with van der Waals surface area (Å²) in [5.41, 5.74) is 3.63. The number of likely N-dealkylation sites (tertiary alicyclic amines) is 1. The first-order valence-corrected chi connectivity index (χ1v) is 15.7. The van der Waals surface area contributed by atoms with Crippen LogP contribution in [-0.4, -0.2) is 86.4 Å². The third-order valence-corrected chi connectivity index (χ3v) is 7.58. The standard InChI is InChI=1S/C34H44N6O8/c1-5-9-28(38-25-11-7-6-10-22(25)2)37-24-15-13-23(14-16-24)18-29(41)35-20-30(42)39-26(19-32(44)47-3)33(45)36-21-31(43)40-17-8-12-27(40)34(46)48-4/h6-7,9-11,13-16,26-27,37-38H,5,8,12,17-21H2,1-4H3,(H,35,41)(H,36,45)(H,39,42)/b28-9-. The summed E-state index contributed by atoms with van der Waals surface area (Å²) in [5, 5.41) is 14.1. The molecule has 2 aromatic carbocycles. The van der Waals surface area contributed by atoms with Crippen LogP contribution in [0.25, 0.3) is 0 Å². The van der Waals surface area contributed by atoms with Gasteiger partial charge in [0.25, 0.3) is 0 Å². The van der Waals surface area contributed by atoms with Gasteiger partial charge < -0.3 is 41.0 Å². The number of benzene rings is 2. The fraction of sp³-hybridized carbons (Fsp3) is 0.412. The average molecular weight is 665 g/mol. The summed E-state index contributed by atoms with van der Waals surface area (Å²) in [4.78, 5) is 75.9. The molecule has 4 amide bonds. The second-order valence-electron chi connectivity index (χ2n) is 11.1. The number of methoxy groups -OCH3 is 2. The molecule has 1 heterocycles. The number of rotatable bonds is 16. The molecule has 0 saturated carbocycles. The molecule has 1 saturated heterocycles. The van der Waals surface area contributed by atoms with Crippen molar-refractivity contribution in [3.63, 3.8) is 0 Å². The minimum atomic E-state index is -1.36. The molecule has 1 fully saturated rings. The molecule has 14 heteroatoms.